The quantitative estimate of drug-likeness (QED) is 0.817. The van der Waals surface area contributed by atoms with Gasteiger partial charge in [-0.2, -0.15) is 5.10 Å². The van der Waals surface area contributed by atoms with E-state index in [1.54, 1.807) is 37.0 Å². The zero-order chi connectivity index (χ0) is 13.3. The highest BCUT2D eigenvalue weighted by molar-refractivity contribution is 9.10. The molecular weight excluding hydrogens is 299 g/mol. The molecule has 0 amide bonds. The molecule has 0 unspecified atom stereocenters. The molecule has 0 radical (unpaired) electrons. The van der Waals surface area contributed by atoms with Gasteiger partial charge in [-0.15, -0.1) is 0 Å². The molecule has 94 valence electrons. The molecule has 1 aromatic carbocycles. The van der Waals surface area contributed by atoms with Crippen LogP contribution in [0, 0.1) is 12.7 Å². The maximum Gasteiger partial charge on any atom is 0.170 e. The maximum atomic E-state index is 13.1. The number of rotatable bonds is 3. The third-order valence-corrected chi connectivity index (χ3v) is 3.27. The number of aryl methyl sites for hydroxylation is 2. The van der Waals surface area contributed by atoms with Gasteiger partial charge in [0.1, 0.15) is 5.82 Å². The van der Waals surface area contributed by atoms with E-state index >= 15 is 0 Å². The van der Waals surface area contributed by atoms with Crippen LogP contribution in [0.15, 0.2) is 28.9 Å². The summed E-state index contributed by atoms with van der Waals surface area (Å²) in [5.74, 6) is -0.345. The van der Waals surface area contributed by atoms with Gasteiger partial charge in [0.25, 0.3) is 0 Å². The Kier molecular flexibility index (Phi) is 3.61. The van der Waals surface area contributed by atoms with Crippen LogP contribution >= 0.6 is 15.9 Å². The molecule has 18 heavy (non-hydrogen) atoms. The lowest BCUT2D eigenvalue weighted by molar-refractivity contribution is 0.0992. The smallest absolute Gasteiger partial charge is 0.170 e. The third kappa shape index (κ3) is 2.67. The van der Waals surface area contributed by atoms with E-state index in [2.05, 4.69) is 21.0 Å². The Morgan fingerprint density at radius 3 is 2.78 bits per heavy atom. The molecule has 0 N–H and O–H groups in total. The van der Waals surface area contributed by atoms with Crippen molar-refractivity contribution < 1.29 is 9.18 Å². The monoisotopic (exact) mass is 310 g/mol. The first-order chi connectivity index (χ1) is 8.47. The molecule has 1 heterocycles. The Hall–Kier alpha value is -1.49. The largest absolute Gasteiger partial charge is 0.294 e. The fraction of sp³-hybridized carbons (Fsp3) is 0.231. The van der Waals surface area contributed by atoms with Crippen LogP contribution in [0.1, 0.15) is 21.6 Å². The van der Waals surface area contributed by atoms with Crippen molar-refractivity contribution in [3.05, 3.63) is 51.5 Å². The van der Waals surface area contributed by atoms with Gasteiger partial charge in [0.05, 0.1) is 15.7 Å². The molecule has 3 nitrogen and oxygen atoms in total. The number of carbonyl (C=O) groups excluding carboxylic acids is 1. The molecule has 2 rings (SSSR count). The highest BCUT2D eigenvalue weighted by atomic mass is 79.9. The summed E-state index contributed by atoms with van der Waals surface area (Å²) in [6, 6.07) is 4.59. The van der Waals surface area contributed by atoms with Crippen molar-refractivity contribution in [1.29, 1.82) is 0 Å². The van der Waals surface area contributed by atoms with Gasteiger partial charge in [0, 0.05) is 19.7 Å². The molecule has 0 spiro atoms. The summed E-state index contributed by atoms with van der Waals surface area (Å²) in [4.78, 5) is 12.1. The number of nitrogens with zero attached hydrogens (tertiary/aromatic N) is 2. The van der Waals surface area contributed by atoms with Crippen molar-refractivity contribution in [2.75, 3.05) is 0 Å². The van der Waals surface area contributed by atoms with Crippen LogP contribution < -0.4 is 0 Å². The number of Topliss-reactive ketones (excluding diaryl/α,β-unsaturated/α-hetero) is 1. The van der Waals surface area contributed by atoms with E-state index in [0.29, 0.717) is 15.7 Å². The minimum atomic E-state index is -0.330. The number of aromatic nitrogens is 2. The highest BCUT2D eigenvalue weighted by Crippen LogP contribution is 2.18. The molecular formula is C13H12BrFN2O. The van der Waals surface area contributed by atoms with Gasteiger partial charge >= 0.3 is 0 Å². The SMILES string of the molecule is Cc1nn(C)cc1C(=O)Cc1ccc(F)c(Br)c1. The van der Waals surface area contributed by atoms with Crippen molar-refractivity contribution >= 4 is 21.7 Å². The molecule has 1 aromatic heterocycles. The predicted molar refractivity (Wildman–Crippen MR) is 70.1 cm³/mol. The Balaban J connectivity index is 2.21. The lowest BCUT2D eigenvalue weighted by atomic mass is 10.0. The Morgan fingerprint density at radius 1 is 1.50 bits per heavy atom. The fourth-order valence-corrected chi connectivity index (χ4v) is 2.23. The summed E-state index contributed by atoms with van der Waals surface area (Å²) in [5.41, 5.74) is 2.10. The van der Waals surface area contributed by atoms with Crippen molar-refractivity contribution in [2.45, 2.75) is 13.3 Å². The van der Waals surface area contributed by atoms with E-state index in [0.717, 1.165) is 5.56 Å². The van der Waals surface area contributed by atoms with E-state index in [1.165, 1.54) is 6.07 Å². The zero-order valence-electron chi connectivity index (χ0n) is 10.1. The zero-order valence-corrected chi connectivity index (χ0v) is 11.7. The summed E-state index contributed by atoms with van der Waals surface area (Å²) in [6.07, 6.45) is 1.95. The number of carbonyl (C=O) groups is 1. The Labute approximate surface area is 113 Å². The van der Waals surface area contributed by atoms with E-state index < -0.39 is 0 Å². The number of benzene rings is 1. The average molecular weight is 311 g/mol. The first-order valence-corrected chi connectivity index (χ1v) is 6.24. The summed E-state index contributed by atoms with van der Waals surface area (Å²) in [7, 11) is 1.78. The van der Waals surface area contributed by atoms with Gasteiger partial charge in [-0.1, -0.05) is 6.07 Å². The minimum absolute atomic E-state index is 0.0147. The van der Waals surface area contributed by atoms with E-state index in [4.69, 9.17) is 0 Å². The van der Waals surface area contributed by atoms with Gasteiger partial charge in [-0.05, 0) is 40.5 Å². The molecule has 5 heteroatoms. The number of hydrogen-bond acceptors (Lipinski definition) is 2. The van der Waals surface area contributed by atoms with Gasteiger partial charge in [-0.3, -0.25) is 9.48 Å². The van der Waals surface area contributed by atoms with Crippen LogP contribution in [0.4, 0.5) is 4.39 Å². The highest BCUT2D eigenvalue weighted by Gasteiger charge is 2.13. The first-order valence-electron chi connectivity index (χ1n) is 5.44. The third-order valence-electron chi connectivity index (χ3n) is 2.66. The van der Waals surface area contributed by atoms with Crippen LogP contribution in [0.25, 0.3) is 0 Å². The molecule has 0 fully saturated rings. The van der Waals surface area contributed by atoms with Gasteiger partial charge in [-0.25, -0.2) is 4.39 Å². The molecule has 0 bridgehead atoms. The van der Waals surface area contributed by atoms with E-state index in [9.17, 15) is 9.18 Å². The first kappa shape index (κ1) is 13.0. The van der Waals surface area contributed by atoms with Crippen LogP contribution in [0.2, 0.25) is 0 Å². The molecule has 0 aliphatic rings. The summed E-state index contributed by atoms with van der Waals surface area (Å²) >= 11 is 3.11. The number of hydrogen-bond donors (Lipinski definition) is 0. The van der Waals surface area contributed by atoms with Gasteiger partial charge in [0.2, 0.25) is 0 Å². The second-order valence-corrected chi connectivity index (χ2v) is 5.00. The van der Waals surface area contributed by atoms with Crippen molar-refractivity contribution in [1.82, 2.24) is 9.78 Å². The predicted octanol–water partition coefficient (Wildman–Crippen LogP) is 3.06. The van der Waals surface area contributed by atoms with Crippen molar-refractivity contribution in [3.8, 4) is 0 Å². The Morgan fingerprint density at radius 2 is 2.22 bits per heavy atom. The van der Waals surface area contributed by atoms with Gasteiger partial charge < -0.3 is 0 Å². The van der Waals surface area contributed by atoms with Crippen LogP contribution in [0.5, 0.6) is 0 Å². The van der Waals surface area contributed by atoms with E-state index in [-0.39, 0.29) is 18.0 Å². The van der Waals surface area contributed by atoms with E-state index in [1.807, 2.05) is 0 Å². The lowest BCUT2D eigenvalue weighted by Crippen LogP contribution is -2.04. The van der Waals surface area contributed by atoms with Crippen molar-refractivity contribution in [2.24, 2.45) is 7.05 Å². The lowest BCUT2D eigenvalue weighted by Gasteiger charge is -2.02. The molecule has 0 aliphatic carbocycles. The standard InChI is InChI=1S/C13H12BrFN2O/c1-8-10(7-17(2)16-8)13(18)6-9-3-4-12(15)11(14)5-9/h3-5,7H,6H2,1-2H3. The maximum absolute atomic E-state index is 13.1. The second-order valence-electron chi connectivity index (χ2n) is 4.15. The molecule has 0 atom stereocenters. The fourth-order valence-electron chi connectivity index (χ4n) is 1.80. The second kappa shape index (κ2) is 5.02. The summed E-state index contributed by atoms with van der Waals surface area (Å²) in [6.45, 7) is 1.80. The molecule has 0 saturated carbocycles. The molecule has 0 aliphatic heterocycles. The minimum Gasteiger partial charge on any atom is -0.294 e. The number of halogens is 2. The van der Waals surface area contributed by atoms with Gasteiger partial charge in [0.15, 0.2) is 5.78 Å². The summed E-state index contributed by atoms with van der Waals surface area (Å²) < 4.78 is 15.1. The average Bonchev–Trinajstić information content (AvgIpc) is 2.63. The Bertz CT molecular complexity index is 607. The molecule has 0 saturated heterocycles. The normalized spacial score (nSPS) is 10.7. The van der Waals surface area contributed by atoms with Crippen LogP contribution in [-0.4, -0.2) is 15.6 Å². The topological polar surface area (TPSA) is 34.9 Å². The van der Waals surface area contributed by atoms with Crippen LogP contribution in [0.3, 0.4) is 0 Å². The number of ketones is 1. The molecule has 2 aromatic rings. The van der Waals surface area contributed by atoms with Crippen molar-refractivity contribution in [3.63, 3.8) is 0 Å². The van der Waals surface area contributed by atoms with Crippen LogP contribution in [-0.2, 0) is 13.5 Å². The summed E-state index contributed by atoms with van der Waals surface area (Å²) in [5, 5.41) is 4.13.